The number of nitrogens with one attached hydrogen (secondary N) is 2. The van der Waals surface area contributed by atoms with Gasteiger partial charge in [-0.2, -0.15) is 0 Å². The molecule has 1 aliphatic rings. The second-order valence-corrected chi connectivity index (χ2v) is 5.78. The van der Waals surface area contributed by atoms with E-state index < -0.39 is 0 Å². The number of amides is 1. The van der Waals surface area contributed by atoms with Crippen molar-refractivity contribution in [2.75, 3.05) is 33.4 Å². The number of ether oxygens (including phenoxy) is 2. The molecule has 1 aromatic carbocycles. The van der Waals surface area contributed by atoms with Gasteiger partial charge in [0.15, 0.2) is 0 Å². The summed E-state index contributed by atoms with van der Waals surface area (Å²) in [5, 5.41) is 5.94. The van der Waals surface area contributed by atoms with Crippen LogP contribution in [0.3, 0.4) is 0 Å². The third-order valence-electron chi connectivity index (χ3n) is 3.44. The molecule has 0 bridgehead atoms. The van der Waals surface area contributed by atoms with Gasteiger partial charge in [-0.25, -0.2) is 9.37 Å². The maximum atomic E-state index is 12.2. The molecule has 26 heavy (non-hydrogen) atoms. The van der Waals surface area contributed by atoms with Crippen LogP contribution < -0.4 is 15.4 Å². The molecule has 2 heterocycles. The highest BCUT2D eigenvalue weighted by Crippen LogP contribution is 2.16. The third kappa shape index (κ3) is 6.25. The van der Waals surface area contributed by atoms with E-state index in [0.29, 0.717) is 31.2 Å². The van der Waals surface area contributed by atoms with Gasteiger partial charge < -0.3 is 20.1 Å². The summed E-state index contributed by atoms with van der Waals surface area (Å²) in [6.45, 7) is 2.66. The Bertz CT molecular complexity index is 689. The number of benzene rings is 1. The predicted molar refractivity (Wildman–Crippen MR) is 97.1 cm³/mol. The molecule has 2 N–H and O–H groups in total. The smallest absolute Gasteiger partial charge is 0.256 e. The van der Waals surface area contributed by atoms with E-state index in [-0.39, 0.29) is 22.9 Å². The van der Waals surface area contributed by atoms with Crippen LogP contribution in [0.15, 0.2) is 42.6 Å². The molecule has 8 heteroatoms. The fraction of sp³-hybridized carbons (Fsp3) is 0.333. The monoisotopic (exact) mass is 381 g/mol. The summed E-state index contributed by atoms with van der Waals surface area (Å²) >= 11 is 5.33. The van der Waals surface area contributed by atoms with Crippen LogP contribution in [0.1, 0.15) is 10.4 Å². The van der Waals surface area contributed by atoms with Crippen LogP contribution in [-0.4, -0.2) is 50.3 Å². The molecule has 2 aromatic rings. The zero-order valence-electron chi connectivity index (χ0n) is 14.4. The average molecular weight is 382 g/mol. The van der Waals surface area contributed by atoms with Gasteiger partial charge in [-0.15, -0.1) is 0 Å². The Morgan fingerprint density at radius 2 is 2.19 bits per heavy atom. The second kappa shape index (κ2) is 10.7. The summed E-state index contributed by atoms with van der Waals surface area (Å²) in [6, 6.07) is 9.51. The largest absolute Gasteiger partial charge is 0.470 e. The maximum Gasteiger partial charge on any atom is 0.256 e. The second-order valence-electron chi connectivity index (χ2n) is 5.37. The zero-order chi connectivity index (χ0) is 18.8. The fourth-order valence-electron chi connectivity index (χ4n) is 2.15. The molecular weight excluding hydrogens is 361 g/mol. The number of hydrogen-bond acceptors (Lipinski definition) is 5. The van der Waals surface area contributed by atoms with Crippen LogP contribution in [0, 0.1) is 5.82 Å². The molecule has 1 atom stereocenters. The van der Waals surface area contributed by atoms with E-state index in [1.807, 2.05) is 0 Å². The van der Waals surface area contributed by atoms with E-state index in [4.69, 9.17) is 21.1 Å². The number of carbonyl (C=O) groups excluding carboxylic acids is 1. The Kier molecular flexibility index (Phi) is 8.27. The van der Waals surface area contributed by atoms with Crippen molar-refractivity contribution in [1.29, 1.82) is 0 Å². The molecular formula is C18H21ClFN3O3. The van der Waals surface area contributed by atoms with Crippen LogP contribution in [-0.2, 0) is 4.74 Å². The first-order valence-corrected chi connectivity index (χ1v) is 8.52. The van der Waals surface area contributed by atoms with Crippen molar-refractivity contribution >= 4 is 17.5 Å². The van der Waals surface area contributed by atoms with Gasteiger partial charge in [0.1, 0.15) is 17.5 Å². The van der Waals surface area contributed by atoms with Gasteiger partial charge in [-0.1, -0.05) is 23.7 Å². The van der Waals surface area contributed by atoms with Crippen LogP contribution in [0.4, 0.5) is 4.39 Å². The van der Waals surface area contributed by atoms with Gasteiger partial charge in [0.25, 0.3) is 5.91 Å². The molecule has 0 unspecified atom stereocenters. The van der Waals surface area contributed by atoms with Gasteiger partial charge in [-0.05, 0) is 24.3 Å². The molecule has 0 aliphatic carbocycles. The molecule has 1 fully saturated rings. The number of nitrogens with zero attached hydrogens (tertiary/aromatic N) is 1. The molecule has 0 saturated carbocycles. The number of carbonyl (C=O) groups is 1. The lowest BCUT2D eigenvalue weighted by Crippen LogP contribution is -2.33. The topological polar surface area (TPSA) is 72.5 Å². The molecule has 0 spiro atoms. The first kappa shape index (κ1) is 20.1. The molecule has 0 radical (unpaired) electrons. The highest BCUT2D eigenvalue weighted by atomic mass is 35.5. The third-order valence-corrected chi connectivity index (χ3v) is 3.75. The Balaban J connectivity index is 0.000000254. The highest BCUT2D eigenvalue weighted by Gasteiger charge is 2.18. The highest BCUT2D eigenvalue weighted by molar-refractivity contribution is 6.30. The lowest BCUT2D eigenvalue weighted by atomic mass is 10.2. The van der Waals surface area contributed by atoms with E-state index >= 15 is 0 Å². The first-order valence-electron chi connectivity index (χ1n) is 8.14. The molecule has 6 nitrogen and oxygen atoms in total. The van der Waals surface area contributed by atoms with Crippen molar-refractivity contribution < 1.29 is 18.7 Å². The van der Waals surface area contributed by atoms with Crippen molar-refractivity contribution in [3.05, 3.63) is 59.0 Å². The molecule has 140 valence electrons. The van der Waals surface area contributed by atoms with Crippen LogP contribution in [0.5, 0.6) is 5.88 Å². The van der Waals surface area contributed by atoms with Crippen LogP contribution in [0.25, 0.3) is 0 Å². The fourth-order valence-corrected chi connectivity index (χ4v) is 2.28. The maximum absolute atomic E-state index is 12.2. The lowest BCUT2D eigenvalue weighted by molar-refractivity contribution is 0.0689. The summed E-state index contributed by atoms with van der Waals surface area (Å²) in [5.74, 6) is -0.232. The summed E-state index contributed by atoms with van der Waals surface area (Å²) in [7, 11) is 1.58. The predicted octanol–water partition coefficient (Wildman–Crippen LogP) is 2.29. The average Bonchev–Trinajstić information content (AvgIpc) is 2.93. The Hall–Kier alpha value is -2.22. The summed E-state index contributed by atoms with van der Waals surface area (Å²) < 4.78 is 23.3. The quantitative estimate of drug-likeness (QED) is 0.853. The minimum atomic E-state index is -0.367. The first-order chi connectivity index (χ1) is 12.6. The van der Waals surface area contributed by atoms with E-state index in [9.17, 15) is 9.18 Å². The Labute approximate surface area is 156 Å². The number of pyridine rings is 1. The number of rotatable bonds is 3. The summed E-state index contributed by atoms with van der Waals surface area (Å²) in [6.07, 6.45) is 1.47. The molecule has 3 rings (SSSR count). The van der Waals surface area contributed by atoms with E-state index in [1.165, 1.54) is 12.1 Å². The molecule has 1 saturated heterocycles. The molecule has 1 aromatic heterocycles. The van der Waals surface area contributed by atoms with Gasteiger partial charge in [0, 0.05) is 26.3 Å². The SMILES string of the molecule is CNC(=O)c1cccnc1O[C@@H]1CNCCOC1.Fc1ccccc1Cl. The van der Waals surface area contributed by atoms with Crippen LogP contribution >= 0.6 is 11.6 Å². The van der Waals surface area contributed by atoms with Crippen molar-refractivity contribution in [2.24, 2.45) is 0 Å². The van der Waals surface area contributed by atoms with Crippen molar-refractivity contribution in [1.82, 2.24) is 15.6 Å². The van der Waals surface area contributed by atoms with Gasteiger partial charge in [-0.3, -0.25) is 4.79 Å². The van der Waals surface area contributed by atoms with E-state index in [2.05, 4.69) is 15.6 Å². The summed E-state index contributed by atoms with van der Waals surface area (Å²) in [5.41, 5.74) is 0.434. The van der Waals surface area contributed by atoms with Crippen molar-refractivity contribution in [3.63, 3.8) is 0 Å². The molecule has 1 aliphatic heterocycles. The lowest BCUT2D eigenvalue weighted by Gasteiger charge is -2.17. The van der Waals surface area contributed by atoms with Gasteiger partial charge in [0.05, 0.1) is 18.2 Å². The standard InChI is InChI=1S/C12H17N3O3.C6H4ClF/c1-13-11(16)10-3-2-4-15-12(10)18-9-7-14-5-6-17-8-9;7-5-3-1-2-4-6(5)8/h2-4,9,14H,5-8H2,1H3,(H,13,16);1-4H/t9-;/m1./s1. The molecule has 1 amide bonds. The zero-order valence-corrected chi connectivity index (χ0v) is 15.1. The van der Waals surface area contributed by atoms with Crippen molar-refractivity contribution in [2.45, 2.75) is 6.10 Å². The van der Waals surface area contributed by atoms with Crippen molar-refractivity contribution in [3.8, 4) is 5.88 Å². The van der Waals surface area contributed by atoms with E-state index in [0.717, 1.165) is 6.54 Å². The van der Waals surface area contributed by atoms with Gasteiger partial charge in [0.2, 0.25) is 5.88 Å². The summed E-state index contributed by atoms with van der Waals surface area (Å²) in [4.78, 5) is 15.8. The number of halogens is 2. The van der Waals surface area contributed by atoms with E-state index in [1.54, 1.807) is 37.5 Å². The Morgan fingerprint density at radius 1 is 1.38 bits per heavy atom. The normalized spacial score (nSPS) is 16.7. The number of hydrogen-bond donors (Lipinski definition) is 2. The minimum absolute atomic E-state index is 0.134. The van der Waals surface area contributed by atoms with Gasteiger partial charge >= 0.3 is 0 Å². The Morgan fingerprint density at radius 3 is 2.88 bits per heavy atom. The van der Waals surface area contributed by atoms with Crippen LogP contribution in [0.2, 0.25) is 5.02 Å². The minimum Gasteiger partial charge on any atom is -0.470 e. The number of aromatic nitrogens is 1.